The Labute approximate surface area is 124 Å². The molecule has 0 spiro atoms. The van der Waals surface area contributed by atoms with Gasteiger partial charge in [-0.05, 0) is 38.8 Å². The Morgan fingerprint density at radius 1 is 1.19 bits per heavy atom. The Hall–Kier alpha value is -1.47. The van der Waals surface area contributed by atoms with Gasteiger partial charge in [0.2, 0.25) is 0 Å². The standard InChI is InChI=1S/C14H20N2O4S/c1-11-3-4-12(2)15(11)9-10-21(19,20)14-7-5-13(6-8-14)16(17)18/h5-8,11-12H,3-4,9-10H2,1-2H3/t11-,12-/m0/s1. The lowest BCUT2D eigenvalue weighted by Gasteiger charge is -2.25. The number of nitro groups is 1. The molecule has 0 bridgehead atoms. The van der Waals surface area contributed by atoms with Crippen LogP contribution in [0.5, 0.6) is 0 Å². The van der Waals surface area contributed by atoms with Crippen molar-refractivity contribution in [2.45, 2.75) is 43.7 Å². The number of hydrogen-bond donors (Lipinski definition) is 0. The lowest BCUT2D eigenvalue weighted by molar-refractivity contribution is -0.384. The van der Waals surface area contributed by atoms with Crippen LogP contribution >= 0.6 is 0 Å². The van der Waals surface area contributed by atoms with Gasteiger partial charge in [-0.1, -0.05) is 0 Å². The molecule has 1 aliphatic rings. The summed E-state index contributed by atoms with van der Waals surface area (Å²) < 4.78 is 24.6. The maximum Gasteiger partial charge on any atom is 0.269 e. The molecule has 2 atom stereocenters. The number of nitro benzene ring substituents is 1. The zero-order chi connectivity index (χ0) is 15.6. The first-order valence-electron chi connectivity index (χ1n) is 7.04. The van der Waals surface area contributed by atoms with E-state index in [-0.39, 0.29) is 16.3 Å². The van der Waals surface area contributed by atoms with Crippen molar-refractivity contribution in [3.63, 3.8) is 0 Å². The number of likely N-dealkylation sites (tertiary alicyclic amines) is 1. The van der Waals surface area contributed by atoms with Crippen LogP contribution in [0.4, 0.5) is 5.69 Å². The van der Waals surface area contributed by atoms with Gasteiger partial charge in [0.25, 0.3) is 5.69 Å². The van der Waals surface area contributed by atoms with E-state index in [1.807, 2.05) is 0 Å². The van der Waals surface area contributed by atoms with Crippen LogP contribution in [-0.2, 0) is 9.84 Å². The monoisotopic (exact) mass is 312 g/mol. The average Bonchev–Trinajstić information content (AvgIpc) is 2.76. The van der Waals surface area contributed by atoms with Crippen LogP contribution in [-0.4, -0.2) is 42.6 Å². The Balaban J connectivity index is 2.06. The average molecular weight is 312 g/mol. The van der Waals surface area contributed by atoms with Gasteiger partial charge >= 0.3 is 0 Å². The molecule has 1 aromatic carbocycles. The maximum atomic E-state index is 12.3. The van der Waals surface area contributed by atoms with Gasteiger partial charge in [-0.25, -0.2) is 8.42 Å². The van der Waals surface area contributed by atoms with Gasteiger partial charge in [0.05, 0.1) is 15.6 Å². The smallest absolute Gasteiger partial charge is 0.269 e. The second kappa shape index (κ2) is 6.11. The predicted octanol–water partition coefficient (Wildman–Crippen LogP) is 2.24. The summed E-state index contributed by atoms with van der Waals surface area (Å²) in [4.78, 5) is 12.4. The second-order valence-corrected chi connectivity index (χ2v) is 7.69. The number of hydrogen-bond acceptors (Lipinski definition) is 5. The zero-order valence-corrected chi connectivity index (χ0v) is 13.0. The third-order valence-electron chi connectivity index (χ3n) is 4.16. The quantitative estimate of drug-likeness (QED) is 0.615. The number of sulfone groups is 1. The SMILES string of the molecule is C[C@H]1CC[C@H](C)N1CCS(=O)(=O)c1ccc([N+](=O)[O-])cc1. The number of nitrogens with zero attached hydrogens (tertiary/aromatic N) is 2. The van der Waals surface area contributed by atoms with Crippen LogP contribution in [0.25, 0.3) is 0 Å². The van der Waals surface area contributed by atoms with E-state index in [1.54, 1.807) is 0 Å². The van der Waals surface area contributed by atoms with E-state index in [0.717, 1.165) is 12.8 Å². The first-order chi connectivity index (χ1) is 9.81. The van der Waals surface area contributed by atoms with Crippen LogP contribution in [0.3, 0.4) is 0 Å². The molecule has 0 radical (unpaired) electrons. The van der Waals surface area contributed by atoms with Gasteiger partial charge in [0.15, 0.2) is 9.84 Å². The van der Waals surface area contributed by atoms with Crippen molar-refractivity contribution >= 4 is 15.5 Å². The Bertz CT molecular complexity index is 602. The van der Waals surface area contributed by atoms with Crippen molar-refractivity contribution in [1.29, 1.82) is 0 Å². The Morgan fingerprint density at radius 2 is 1.71 bits per heavy atom. The molecule has 21 heavy (non-hydrogen) atoms. The summed E-state index contributed by atoms with van der Waals surface area (Å²) in [6.45, 7) is 4.73. The number of non-ortho nitro benzene ring substituents is 1. The highest BCUT2D eigenvalue weighted by Crippen LogP contribution is 2.24. The highest BCUT2D eigenvalue weighted by atomic mass is 32.2. The minimum atomic E-state index is -3.40. The first-order valence-corrected chi connectivity index (χ1v) is 8.69. The van der Waals surface area contributed by atoms with Crippen LogP contribution in [0, 0.1) is 10.1 Å². The molecule has 6 nitrogen and oxygen atoms in total. The molecule has 0 aliphatic carbocycles. The maximum absolute atomic E-state index is 12.3. The van der Waals surface area contributed by atoms with Gasteiger partial charge in [-0.3, -0.25) is 15.0 Å². The predicted molar refractivity (Wildman–Crippen MR) is 80.0 cm³/mol. The minimum absolute atomic E-state index is 0.0412. The Kier molecular flexibility index (Phi) is 4.63. The fourth-order valence-corrected chi connectivity index (χ4v) is 4.05. The molecule has 7 heteroatoms. The van der Waals surface area contributed by atoms with Crippen molar-refractivity contribution in [3.8, 4) is 0 Å². The van der Waals surface area contributed by atoms with E-state index < -0.39 is 14.8 Å². The van der Waals surface area contributed by atoms with E-state index in [2.05, 4.69) is 18.7 Å². The summed E-state index contributed by atoms with van der Waals surface area (Å²) in [6.07, 6.45) is 2.19. The van der Waals surface area contributed by atoms with E-state index >= 15 is 0 Å². The molecular weight excluding hydrogens is 292 g/mol. The molecule has 116 valence electrons. The van der Waals surface area contributed by atoms with Gasteiger partial charge < -0.3 is 0 Å². The second-order valence-electron chi connectivity index (χ2n) is 5.58. The third-order valence-corrected chi connectivity index (χ3v) is 5.87. The van der Waals surface area contributed by atoms with Gasteiger partial charge in [-0.15, -0.1) is 0 Å². The molecular formula is C14H20N2O4S. The van der Waals surface area contributed by atoms with Crippen LogP contribution < -0.4 is 0 Å². The van der Waals surface area contributed by atoms with E-state index in [0.29, 0.717) is 18.6 Å². The van der Waals surface area contributed by atoms with E-state index in [1.165, 1.54) is 24.3 Å². The molecule has 0 N–H and O–H groups in total. The van der Waals surface area contributed by atoms with Crippen molar-refractivity contribution in [3.05, 3.63) is 34.4 Å². The lowest BCUT2D eigenvalue weighted by Crippen LogP contribution is -2.36. The molecule has 0 amide bonds. The summed E-state index contributed by atoms with van der Waals surface area (Å²) in [7, 11) is -3.40. The molecule has 1 saturated heterocycles. The van der Waals surface area contributed by atoms with Crippen molar-refractivity contribution < 1.29 is 13.3 Å². The molecule has 1 fully saturated rings. The lowest BCUT2D eigenvalue weighted by atomic mass is 10.2. The van der Waals surface area contributed by atoms with Gasteiger partial charge in [0, 0.05) is 30.8 Å². The molecule has 1 aliphatic heterocycles. The highest BCUT2D eigenvalue weighted by Gasteiger charge is 2.28. The summed E-state index contributed by atoms with van der Waals surface area (Å²) >= 11 is 0. The number of rotatable bonds is 5. The molecule has 1 aromatic rings. The van der Waals surface area contributed by atoms with Crippen LogP contribution in [0.2, 0.25) is 0 Å². The topological polar surface area (TPSA) is 80.5 Å². The summed E-state index contributed by atoms with van der Waals surface area (Å²) in [5, 5.41) is 10.6. The van der Waals surface area contributed by atoms with Crippen molar-refractivity contribution in [1.82, 2.24) is 4.90 Å². The van der Waals surface area contributed by atoms with Gasteiger partial charge in [-0.2, -0.15) is 0 Å². The van der Waals surface area contributed by atoms with Crippen LogP contribution in [0.15, 0.2) is 29.2 Å². The van der Waals surface area contributed by atoms with Crippen molar-refractivity contribution in [2.75, 3.05) is 12.3 Å². The normalized spacial score (nSPS) is 23.3. The largest absolute Gasteiger partial charge is 0.297 e. The Morgan fingerprint density at radius 3 is 2.19 bits per heavy atom. The van der Waals surface area contributed by atoms with E-state index in [4.69, 9.17) is 0 Å². The first kappa shape index (κ1) is 15.9. The molecule has 0 unspecified atom stereocenters. The van der Waals surface area contributed by atoms with Gasteiger partial charge in [0.1, 0.15) is 0 Å². The molecule has 0 saturated carbocycles. The molecule has 1 heterocycles. The summed E-state index contributed by atoms with van der Waals surface area (Å²) in [6, 6.07) is 5.90. The summed E-state index contributed by atoms with van der Waals surface area (Å²) in [5.41, 5.74) is -0.101. The number of benzene rings is 1. The van der Waals surface area contributed by atoms with Crippen molar-refractivity contribution in [2.24, 2.45) is 0 Å². The molecule has 2 rings (SSSR count). The fourth-order valence-electron chi connectivity index (χ4n) is 2.81. The third kappa shape index (κ3) is 3.59. The summed E-state index contributed by atoms with van der Waals surface area (Å²) in [5.74, 6) is 0.0412. The zero-order valence-electron chi connectivity index (χ0n) is 12.2. The van der Waals surface area contributed by atoms with Crippen LogP contribution in [0.1, 0.15) is 26.7 Å². The fraction of sp³-hybridized carbons (Fsp3) is 0.571. The molecule has 0 aromatic heterocycles. The highest BCUT2D eigenvalue weighted by molar-refractivity contribution is 7.91. The minimum Gasteiger partial charge on any atom is -0.297 e. The van der Waals surface area contributed by atoms with E-state index in [9.17, 15) is 18.5 Å².